The Balaban J connectivity index is 1.78. The average Bonchev–Trinajstić information content (AvgIpc) is 2.93. The molecule has 1 aliphatic rings. The van der Waals surface area contributed by atoms with Crippen molar-refractivity contribution >= 4 is 11.3 Å². The van der Waals surface area contributed by atoms with Gasteiger partial charge in [0.2, 0.25) is 0 Å². The molecule has 1 aromatic heterocycles. The van der Waals surface area contributed by atoms with E-state index in [2.05, 4.69) is 29.2 Å². The van der Waals surface area contributed by atoms with Crippen molar-refractivity contribution in [3.05, 3.63) is 22.4 Å². The lowest BCUT2D eigenvalue weighted by molar-refractivity contribution is 0.212. The lowest BCUT2D eigenvalue weighted by Gasteiger charge is -2.33. The summed E-state index contributed by atoms with van der Waals surface area (Å²) in [5.74, 6) is 7.52. The Morgan fingerprint density at radius 2 is 2.17 bits per heavy atom. The van der Waals surface area contributed by atoms with E-state index in [-0.39, 0.29) is 0 Å². The number of rotatable bonds is 6. The second-order valence-corrected chi connectivity index (χ2v) is 6.41. The highest BCUT2D eigenvalue weighted by Gasteiger charge is 2.26. The maximum atomic E-state index is 5.76. The van der Waals surface area contributed by atoms with Gasteiger partial charge in [-0.25, -0.2) is 0 Å². The lowest BCUT2D eigenvalue weighted by atomic mass is 9.76. The van der Waals surface area contributed by atoms with E-state index in [4.69, 9.17) is 5.84 Å². The first-order chi connectivity index (χ1) is 8.83. The van der Waals surface area contributed by atoms with Gasteiger partial charge in [0.05, 0.1) is 0 Å². The van der Waals surface area contributed by atoms with Crippen LogP contribution in [0, 0.1) is 11.8 Å². The highest BCUT2D eigenvalue weighted by Crippen LogP contribution is 2.33. The first-order valence-electron chi connectivity index (χ1n) is 7.30. The second kappa shape index (κ2) is 7.27. The van der Waals surface area contributed by atoms with Gasteiger partial charge in [-0.3, -0.25) is 11.3 Å². The molecule has 1 unspecified atom stereocenters. The van der Waals surface area contributed by atoms with Crippen LogP contribution >= 0.6 is 11.3 Å². The quantitative estimate of drug-likeness (QED) is 0.608. The number of nitrogens with two attached hydrogens (primary N) is 1. The van der Waals surface area contributed by atoms with Crippen LogP contribution in [0.2, 0.25) is 0 Å². The average molecular weight is 266 g/mol. The van der Waals surface area contributed by atoms with Crippen LogP contribution in [0.4, 0.5) is 0 Å². The zero-order chi connectivity index (χ0) is 12.8. The number of hydrogen-bond donors (Lipinski definition) is 2. The summed E-state index contributed by atoms with van der Waals surface area (Å²) in [5.41, 5.74) is 4.53. The topological polar surface area (TPSA) is 38.0 Å². The van der Waals surface area contributed by atoms with E-state index in [0.29, 0.717) is 6.04 Å². The molecule has 0 amide bonds. The van der Waals surface area contributed by atoms with Gasteiger partial charge < -0.3 is 0 Å². The van der Waals surface area contributed by atoms with Crippen LogP contribution in [0.25, 0.3) is 0 Å². The standard InChI is InChI=1S/C15H26N2S/c1-2-12-3-6-14(7-4-12)15(17-16)8-5-13-9-10-18-11-13/h9-12,14-15,17H,2-8,16H2,1H3. The fraction of sp³-hybridized carbons (Fsp3) is 0.733. The Morgan fingerprint density at radius 1 is 1.39 bits per heavy atom. The van der Waals surface area contributed by atoms with Gasteiger partial charge in [0.15, 0.2) is 0 Å². The molecular formula is C15H26N2S. The van der Waals surface area contributed by atoms with Gasteiger partial charge >= 0.3 is 0 Å². The van der Waals surface area contributed by atoms with E-state index in [9.17, 15) is 0 Å². The molecular weight excluding hydrogens is 240 g/mol. The molecule has 3 heteroatoms. The molecule has 102 valence electrons. The SMILES string of the molecule is CCC1CCC(C(CCc2ccsc2)NN)CC1. The Bertz CT molecular complexity index is 315. The van der Waals surface area contributed by atoms with Crippen molar-refractivity contribution in [2.45, 2.75) is 57.9 Å². The van der Waals surface area contributed by atoms with Crippen LogP contribution in [0.3, 0.4) is 0 Å². The van der Waals surface area contributed by atoms with Crippen LogP contribution in [-0.2, 0) is 6.42 Å². The lowest BCUT2D eigenvalue weighted by Crippen LogP contribution is -2.42. The Labute approximate surface area is 115 Å². The zero-order valence-corrected chi connectivity index (χ0v) is 12.2. The first-order valence-corrected chi connectivity index (χ1v) is 8.25. The molecule has 0 radical (unpaired) electrons. The molecule has 1 aromatic rings. The van der Waals surface area contributed by atoms with Crippen molar-refractivity contribution in [2.75, 3.05) is 0 Å². The van der Waals surface area contributed by atoms with Gasteiger partial charge in [0.1, 0.15) is 0 Å². The molecule has 0 spiro atoms. The summed E-state index contributed by atoms with van der Waals surface area (Å²) in [6, 6.07) is 2.73. The largest absolute Gasteiger partial charge is 0.271 e. The number of hydrazine groups is 1. The molecule has 18 heavy (non-hydrogen) atoms. The van der Waals surface area contributed by atoms with Gasteiger partial charge in [0, 0.05) is 6.04 Å². The van der Waals surface area contributed by atoms with Crippen molar-refractivity contribution in [3.8, 4) is 0 Å². The normalized spacial score (nSPS) is 26.1. The van der Waals surface area contributed by atoms with E-state index in [1.54, 1.807) is 11.3 Å². The van der Waals surface area contributed by atoms with Gasteiger partial charge in [0.25, 0.3) is 0 Å². The highest BCUT2D eigenvalue weighted by molar-refractivity contribution is 7.07. The van der Waals surface area contributed by atoms with Crippen molar-refractivity contribution in [1.29, 1.82) is 0 Å². The van der Waals surface area contributed by atoms with E-state index in [0.717, 1.165) is 18.3 Å². The minimum atomic E-state index is 0.503. The molecule has 1 heterocycles. The van der Waals surface area contributed by atoms with Gasteiger partial charge in [-0.05, 0) is 59.9 Å². The molecule has 2 rings (SSSR count). The summed E-state index contributed by atoms with van der Waals surface area (Å²) in [5, 5.41) is 4.41. The van der Waals surface area contributed by atoms with Crippen LogP contribution in [0.15, 0.2) is 16.8 Å². The summed E-state index contributed by atoms with van der Waals surface area (Å²) in [7, 11) is 0. The minimum Gasteiger partial charge on any atom is -0.271 e. The molecule has 1 fully saturated rings. The van der Waals surface area contributed by atoms with Gasteiger partial charge in [-0.1, -0.05) is 26.2 Å². The van der Waals surface area contributed by atoms with Gasteiger partial charge in [-0.2, -0.15) is 11.3 Å². The van der Waals surface area contributed by atoms with Crippen LogP contribution in [-0.4, -0.2) is 6.04 Å². The van der Waals surface area contributed by atoms with E-state index in [1.165, 1.54) is 44.1 Å². The van der Waals surface area contributed by atoms with Crippen molar-refractivity contribution in [3.63, 3.8) is 0 Å². The fourth-order valence-electron chi connectivity index (χ4n) is 3.21. The fourth-order valence-corrected chi connectivity index (χ4v) is 3.91. The molecule has 1 aliphatic carbocycles. The van der Waals surface area contributed by atoms with Crippen molar-refractivity contribution in [1.82, 2.24) is 5.43 Å². The van der Waals surface area contributed by atoms with E-state index in [1.807, 2.05) is 0 Å². The second-order valence-electron chi connectivity index (χ2n) is 5.63. The molecule has 1 saturated carbocycles. The maximum absolute atomic E-state index is 5.76. The smallest absolute Gasteiger partial charge is 0.0241 e. The van der Waals surface area contributed by atoms with Crippen molar-refractivity contribution in [2.24, 2.45) is 17.7 Å². The number of hydrogen-bond acceptors (Lipinski definition) is 3. The van der Waals surface area contributed by atoms with Crippen LogP contribution in [0.5, 0.6) is 0 Å². The maximum Gasteiger partial charge on any atom is 0.0241 e. The summed E-state index contributed by atoms with van der Waals surface area (Å²) in [6.45, 7) is 2.32. The summed E-state index contributed by atoms with van der Waals surface area (Å²) in [6.07, 6.45) is 9.20. The third-order valence-electron chi connectivity index (χ3n) is 4.58. The minimum absolute atomic E-state index is 0.503. The molecule has 3 N–H and O–H groups in total. The predicted molar refractivity (Wildman–Crippen MR) is 79.5 cm³/mol. The molecule has 0 saturated heterocycles. The monoisotopic (exact) mass is 266 g/mol. The number of aryl methyl sites for hydroxylation is 1. The molecule has 1 atom stereocenters. The van der Waals surface area contributed by atoms with E-state index < -0.39 is 0 Å². The molecule has 0 aliphatic heterocycles. The van der Waals surface area contributed by atoms with E-state index >= 15 is 0 Å². The van der Waals surface area contributed by atoms with Crippen LogP contribution in [0.1, 0.15) is 51.0 Å². The third-order valence-corrected chi connectivity index (χ3v) is 5.31. The third kappa shape index (κ3) is 3.81. The molecule has 2 nitrogen and oxygen atoms in total. The summed E-state index contributed by atoms with van der Waals surface area (Å²) in [4.78, 5) is 0. The predicted octanol–water partition coefficient (Wildman–Crippen LogP) is 3.73. The number of nitrogens with one attached hydrogen (secondary N) is 1. The Kier molecular flexibility index (Phi) is 5.67. The first kappa shape index (κ1) is 14.0. The summed E-state index contributed by atoms with van der Waals surface area (Å²) < 4.78 is 0. The highest BCUT2D eigenvalue weighted by atomic mass is 32.1. The molecule has 0 bridgehead atoms. The Morgan fingerprint density at radius 3 is 2.72 bits per heavy atom. The number of thiophene rings is 1. The van der Waals surface area contributed by atoms with Crippen molar-refractivity contribution < 1.29 is 0 Å². The van der Waals surface area contributed by atoms with Crippen LogP contribution < -0.4 is 11.3 Å². The Hall–Kier alpha value is -0.380. The van der Waals surface area contributed by atoms with Gasteiger partial charge in [-0.15, -0.1) is 0 Å². The molecule has 0 aromatic carbocycles. The summed E-state index contributed by atoms with van der Waals surface area (Å²) >= 11 is 1.79. The zero-order valence-electron chi connectivity index (χ0n) is 11.4.